The number of hydrogen-bond donors (Lipinski definition) is 1. The number of halogens is 1. The molecule has 2 rings (SSSR count). The smallest absolute Gasteiger partial charge is 0.152 e. The number of nitrogens with zero attached hydrogens (tertiary/aromatic N) is 2. The average molecular weight is 231 g/mol. The number of anilines is 1. The van der Waals surface area contributed by atoms with E-state index in [1.54, 1.807) is 25.4 Å². The Balaban J connectivity index is 2.56. The third-order valence-electron chi connectivity index (χ3n) is 2.57. The second-order valence-electron chi connectivity index (χ2n) is 3.70. The standard InChI is InChI=1S/C13H14FN3/c1-3-15-13-12(16-7-8-17-13)10-5-4-6-11(14)9(10)2/h4-8H,3H2,1-2H3,(H,15,17). The quantitative estimate of drug-likeness (QED) is 0.882. The van der Waals surface area contributed by atoms with Gasteiger partial charge in [0.25, 0.3) is 0 Å². The minimum atomic E-state index is -0.226. The molecule has 0 unspecified atom stereocenters. The number of aromatic nitrogens is 2. The third kappa shape index (κ3) is 2.25. The molecule has 0 amide bonds. The number of hydrogen-bond acceptors (Lipinski definition) is 3. The van der Waals surface area contributed by atoms with E-state index >= 15 is 0 Å². The van der Waals surface area contributed by atoms with Crippen LogP contribution in [0.2, 0.25) is 0 Å². The first-order valence-corrected chi connectivity index (χ1v) is 5.54. The first-order valence-electron chi connectivity index (χ1n) is 5.54. The van der Waals surface area contributed by atoms with Gasteiger partial charge in [0.05, 0.1) is 0 Å². The van der Waals surface area contributed by atoms with Gasteiger partial charge in [-0.3, -0.25) is 4.98 Å². The summed E-state index contributed by atoms with van der Waals surface area (Å²) in [6, 6.07) is 4.98. The molecule has 0 radical (unpaired) electrons. The topological polar surface area (TPSA) is 37.8 Å². The highest BCUT2D eigenvalue weighted by atomic mass is 19.1. The molecule has 88 valence electrons. The highest BCUT2D eigenvalue weighted by Crippen LogP contribution is 2.27. The van der Waals surface area contributed by atoms with Gasteiger partial charge in [-0.25, -0.2) is 9.37 Å². The highest BCUT2D eigenvalue weighted by molar-refractivity contribution is 5.73. The lowest BCUT2D eigenvalue weighted by Gasteiger charge is -2.10. The molecule has 0 aliphatic rings. The molecule has 1 aromatic carbocycles. The van der Waals surface area contributed by atoms with Crippen LogP contribution in [0.4, 0.5) is 10.2 Å². The van der Waals surface area contributed by atoms with Crippen LogP contribution < -0.4 is 5.32 Å². The molecule has 3 nitrogen and oxygen atoms in total. The monoisotopic (exact) mass is 231 g/mol. The van der Waals surface area contributed by atoms with Crippen LogP contribution in [0.1, 0.15) is 12.5 Å². The van der Waals surface area contributed by atoms with Crippen LogP contribution in [0.15, 0.2) is 30.6 Å². The van der Waals surface area contributed by atoms with Crippen molar-refractivity contribution in [3.63, 3.8) is 0 Å². The summed E-state index contributed by atoms with van der Waals surface area (Å²) in [6.07, 6.45) is 3.23. The highest BCUT2D eigenvalue weighted by Gasteiger charge is 2.11. The number of benzene rings is 1. The van der Waals surface area contributed by atoms with E-state index < -0.39 is 0 Å². The second kappa shape index (κ2) is 4.91. The summed E-state index contributed by atoms with van der Waals surface area (Å²) in [5.41, 5.74) is 2.05. The van der Waals surface area contributed by atoms with Crippen molar-refractivity contribution in [3.05, 3.63) is 42.0 Å². The minimum absolute atomic E-state index is 0.226. The fourth-order valence-corrected chi connectivity index (χ4v) is 1.70. The molecule has 1 N–H and O–H groups in total. The van der Waals surface area contributed by atoms with Crippen LogP contribution in [0, 0.1) is 12.7 Å². The summed E-state index contributed by atoms with van der Waals surface area (Å²) in [4.78, 5) is 8.50. The van der Waals surface area contributed by atoms with Crippen molar-refractivity contribution in [2.24, 2.45) is 0 Å². The summed E-state index contributed by atoms with van der Waals surface area (Å²) in [7, 11) is 0. The Kier molecular flexibility index (Phi) is 3.32. The lowest BCUT2D eigenvalue weighted by Crippen LogP contribution is -2.03. The van der Waals surface area contributed by atoms with E-state index in [0.29, 0.717) is 17.1 Å². The maximum absolute atomic E-state index is 13.5. The van der Waals surface area contributed by atoms with Crippen molar-refractivity contribution in [1.29, 1.82) is 0 Å². The Bertz CT molecular complexity index is 526. The van der Waals surface area contributed by atoms with E-state index in [1.165, 1.54) is 6.07 Å². The lowest BCUT2D eigenvalue weighted by atomic mass is 10.0. The van der Waals surface area contributed by atoms with Crippen LogP contribution in [0.5, 0.6) is 0 Å². The van der Waals surface area contributed by atoms with E-state index in [1.807, 2.05) is 13.0 Å². The van der Waals surface area contributed by atoms with Gasteiger partial charge < -0.3 is 5.32 Å². The van der Waals surface area contributed by atoms with Gasteiger partial charge in [0.2, 0.25) is 0 Å². The van der Waals surface area contributed by atoms with Gasteiger partial charge in [-0.1, -0.05) is 12.1 Å². The van der Waals surface area contributed by atoms with Gasteiger partial charge in [-0.15, -0.1) is 0 Å². The van der Waals surface area contributed by atoms with E-state index in [9.17, 15) is 4.39 Å². The predicted molar refractivity (Wildman–Crippen MR) is 66.3 cm³/mol. The maximum atomic E-state index is 13.5. The summed E-state index contributed by atoms with van der Waals surface area (Å²) in [6.45, 7) is 4.48. The Morgan fingerprint density at radius 3 is 2.76 bits per heavy atom. The van der Waals surface area contributed by atoms with E-state index in [2.05, 4.69) is 15.3 Å². The first kappa shape index (κ1) is 11.5. The predicted octanol–water partition coefficient (Wildman–Crippen LogP) is 3.02. The molecule has 1 aromatic heterocycles. The van der Waals surface area contributed by atoms with Crippen LogP contribution in [-0.2, 0) is 0 Å². The molecule has 2 aromatic rings. The van der Waals surface area contributed by atoms with Crippen molar-refractivity contribution in [2.75, 3.05) is 11.9 Å². The summed E-state index contributed by atoms with van der Waals surface area (Å²) >= 11 is 0. The van der Waals surface area contributed by atoms with Gasteiger partial charge in [0.1, 0.15) is 11.5 Å². The first-order chi connectivity index (χ1) is 8.24. The van der Waals surface area contributed by atoms with Gasteiger partial charge in [0, 0.05) is 24.5 Å². The zero-order valence-electron chi connectivity index (χ0n) is 9.87. The molecule has 0 bridgehead atoms. The molecule has 0 atom stereocenters. The molecule has 0 saturated carbocycles. The van der Waals surface area contributed by atoms with Gasteiger partial charge in [-0.05, 0) is 25.5 Å². The van der Waals surface area contributed by atoms with Crippen LogP contribution in [-0.4, -0.2) is 16.5 Å². The zero-order chi connectivity index (χ0) is 12.3. The van der Waals surface area contributed by atoms with Gasteiger partial charge in [0.15, 0.2) is 5.82 Å². The SMILES string of the molecule is CCNc1nccnc1-c1cccc(F)c1C. The molecule has 0 aliphatic carbocycles. The normalized spacial score (nSPS) is 10.3. The molecular weight excluding hydrogens is 217 g/mol. The Labute approximate surface area is 99.7 Å². The zero-order valence-corrected chi connectivity index (χ0v) is 9.87. The van der Waals surface area contributed by atoms with Crippen molar-refractivity contribution in [2.45, 2.75) is 13.8 Å². The molecular formula is C13H14FN3. The Morgan fingerprint density at radius 2 is 2.00 bits per heavy atom. The van der Waals surface area contributed by atoms with Gasteiger partial charge >= 0.3 is 0 Å². The van der Waals surface area contributed by atoms with Crippen molar-refractivity contribution >= 4 is 5.82 Å². The summed E-state index contributed by atoms with van der Waals surface area (Å²) in [5.74, 6) is 0.458. The second-order valence-corrected chi connectivity index (χ2v) is 3.70. The maximum Gasteiger partial charge on any atom is 0.152 e. The molecule has 17 heavy (non-hydrogen) atoms. The molecule has 0 aliphatic heterocycles. The van der Waals surface area contributed by atoms with Gasteiger partial charge in [-0.2, -0.15) is 0 Å². The third-order valence-corrected chi connectivity index (χ3v) is 2.57. The average Bonchev–Trinajstić information content (AvgIpc) is 2.34. The fraction of sp³-hybridized carbons (Fsp3) is 0.231. The van der Waals surface area contributed by atoms with Crippen molar-refractivity contribution in [1.82, 2.24) is 9.97 Å². The molecule has 0 saturated heterocycles. The summed E-state index contributed by atoms with van der Waals surface area (Å²) in [5, 5.41) is 3.13. The van der Waals surface area contributed by atoms with E-state index in [4.69, 9.17) is 0 Å². The van der Waals surface area contributed by atoms with Crippen LogP contribution in [0.3, 0.4) is 0 Å². The minimum Gasteiger partial charge on any atom is -0.369 e. The molecule has 1 heterocycles. The van der Waals surface area contributed by atoms with E-state index in [0.717, 1.165) is 12.1 Å². The van der Waals surface area contributed by atoms with Crippen LogP contribution in [0.25, 0.3) is 11.3 Å². The fourth-order valence-electron chi connectivity index (χ4n) is 1.70. The largest absolute Gasteiger partial charge is 0.369 e. The van der Waals surface area contributed by atoms with Crippen molar-refractivity contribution < 1.29 is 4.39 Å². The Hall–Kier alpha value is -1.97. The Morgan fingerprint density at radius 1 is 1.24 bits per heavy atom. The van der Waals surface area contributed by atoms with Crippen LogP contribution >= 0.6 is 0 Å². The lowest BCUT2D eigenvalue weighted by molar-refractivity contribution is 0.619. The summed E-state index contributed by atoms with van der Waals surface area (Å²) < 4.78 is 13.5. The van der Waals surface area contributed by atoms with E-state index in [-0.39, 0.29) is 5.82 Å². The molecule has 0 spiro atoms. The molecule has 4 heteroatoms. The van der Waals surface area contributed by atoms with Crippen molar-refractivity contribution in [3.8, 4) is 11.3 Å². The number of nitrogens with one attached hydrogen (secondary N) is 1. The molecule has 0 fully saturated rings. The number of rotatable bonds is 3.